The van der Waals surface area contributed by atoms with Crippen molar-refractivity contribution < 1.29 is 9.18 Å². The van der Waals surface area contributed by atoms with Gasteiger partial charge in [0.15, 0.2) is 0 Å². The highest BCUT2D eigenvalue weighted by molar-refractivity contribution is 7.18. The topological polar surface area (TPSA) is 87.7 Å². The second kappa shape index (κ2) is 5.92. The zero-order chi connectivity index (χ0) is 17.7. The fraction of sp³-hybridized carbons (Fsp3) is 0.188. The molecule has 4 aromatic rings. The standard InChI is InChI=1S/C16H11FN6OS2/c17-8-2-1-3-10-13(8)26-14(21-10)12-11-9(18-6-19-11)4-5-23(12)16(24)15-22-20-7-25-15/h1-3,6-7,12H,4-5H2,(H,18,19)/t12-/m0/s1. The quantitative estimate of drug-likeness (QED) is 0.572. The van der Waals surface area contributed by atoms with Crippen LogP contribution >= 0.6 is 22.7 Å². The van der Waals surface area contributed by atoms with Crippen LogP contribution in [-0.4, -0.2) is 42.5 Å². The van der Waals surface area contributed by atoms with Gasteiger partial charge >= 0.3 is 0 Å². The van der Waals surface area contributed by atoms with Crippen molar-refractivity contribution in [2.75, 3.05) is 6.54 Å². The van der Waals surface area contributed by atoms with E-state index in [1.54, 1.807) is 23.4 Å². The minimum absolute atomic E-state index is 0.217. The molecule has 1 N–H and O–H groups in total. The molecule has 1 atom stereocenters. The van der Waals surface area contributed by atoms with E-state index in [4.69, 9.17) is 0 Å². The Morgan fingerprint density at radius 2 is 2.31 bits per heavy atom. The Labute approximate surface area is 154 Å². The van der Waals surface area contributed by atoms with Gasteiger partial charge in [-0.3, -0.25) is 4.79 Å². The van der Waals surface area contributed by atoms with Gasteiger partial charge in [0.25, 0.3) is 5.91 Å². The van der Waals surface area contributed by atoms with E-state index < -0.39 is 6.04 Å². The summed E-state index contributed by atoms with van der Waals surface area (Å²) < 4.78 is 14.6. The number of aromatic nitrogens is 5. The third-order valence-electron chi connectivity index (χ3n) is 4.35. The normalized spacial score (nSPS) is 16.8. The van der Waals surface area contributed by atoms with Crippen LogP contribution in [-0.2, 0) is 6.42 Å². The number of carbonyl (C=O) groups excluding carboxylic acids is 1. The first kappa shape index (κ1) is 15.5. The average molecular weight is 386 g/mol. The molecule has 0 aliphatic carbocycles. The molecule has 4 heterocycles. The zero-order valence-corrected chi connectivity index (χ0v) is 14.9. The Kier molecular flexibility index (Phi) is 3.54. The maximum Gasteiger partial charge on any atom is 0.285 e. The Morgan fingerprint density at radius 1 is 1.38 bits per heavy atom. The largest absolute Gasteiger partial charge is 0.348 e. The Bertz CT molecular complexity index is 1110. The van der Waals surface area contributed by atoms with Crippen LogP contribution in [0.25, 0.3) is 10.2 Å². The Morgan fingerprint density at radius 3 is 3.12 bits per heavy atom. The second-order valence-corrected chi connectivity index (χ2v) is 7.67. The molecule has 130 valence electrons. The first-order chi connectivity index (χ1) is 12.7. The maximum atomic E-state index is 14.1. The van der Waals surface area contributed by atoms with Crippen LogP contribution in [0.15, 0.2) is 30.0 Å². The number of rotatable bonds is 2. The molecule has 1 aliphatic rings. The zero-order valence-electron chi connectivity index (χ0n) is 13.2. The number of aromatic amines is 1. The molecule has 5 rings (SSSR count). The fourth-order valence-electron chi connectivity index (χ4n) is 3.18. The summed E-state index contributed by atoms with van der Waals surface area (Å²) in [5, 5.41) is 8.60. The summed E-state index contributed by atoms with van der Waals surface area (Å²) >= 11 is 2.44. The van der Waals surface area contributed by atoms with Gasteiger partial charge < -0.3 is 9.88 Å². The molecule has 0 spiro atoms. The smallest absolute Gasteiger partial charge is 0.285 e. The van der Waals surface area contributed by atoms with Crippen molar-refractivity contribution in [2.24, 2.45) is 0 Å². The number of thiazole rings is 1. The van der Waals surface area contributed by atoms with E-state index in [9.17, 15) is 9.18 Å². The summed E-state index contributed by atoms with van der Waals surface area (Å²) in [5.41, 5.74) is 3.82. The van der Waals surface area contributed by atoms with E-state index >= 15 is 0 Å². The molecule has 0 unspecified atom stereocenters. The van der Waals surface area contributed by atoms with Crippen LogP contribution in [0.5, 0.6) is 0 Å². The predicted octanol–water partition coefficient (Wildman–Crippen LogP) is 2.80. The lowest BCUT2D eigenvalue weighted by Crippen LogP contribution is -2.40. The van der Waals surface area contributed by atoms with Crippen LogP contribution in [0.2, 0.25) is 0 Å². The van der Waals surface area contributed by atoms with E-state index in [1.165, 1.54) is 34.3 Å². The van der Waals surface area contributed by atoms with Gasteiger partial charge in [-0.15, -0.1) is 21.5 Å². The van der Waals surface area contributed by atoms with Crippen LogP contribution in [0.1, 0.15) is 32.2 Å². The molecule has 0 bridgehead atoms. The maximum absolute atomic E-state index is 14.1. The van der Waals surface area contributed by atoms with Crippen molar-refractivity contribution in [3.8, 4) is 0 Å². The first-order valence-electron chi connectivity index (χ1n) is 7.86. The van der Waals surface area contributed by atoms with Crippen molar-refractivity contribution in [1.29, 1.82) is 0 Å². The van der Waals surface area contributed by atoms with Gasteiger partial charge in [-0.1, -0.05) is 17.4 Å². The number of benzene rings is 1. The molecule has 26 heavy (non-hydrogen) atoms. The number of hydrogen-bond acceptors (Lipinski definition) is 7. The van der Waals surface area contributed by atoms with Gasteiger partial charge in [0.05, 0.1) is 22.2 Å². The molecule has 10 heteroatoms. The summed E-state index contributed by atoms with van der Waals surface area (Å²) in [6, 6.07) is 4.34. The number of fused-ring (bicyclic) bond motifs is 2. The molecule has 3 aromatic heterocycles. The van der Waals surface area contributed by atoms with Gasteiger partial charge in [0.1, 0.15) is 22.4 Å². The summed E-state index contributed by atoms with van der Waals surface area (Å²) in [7, 11) is 0. The molecule has 1 amide bonds. The number of imidazole rings is 1. The third kappa shape index (κ3) is 2.33. The molecule has 1 aromatic carbocycles. The number of nitrogens with zero attached hydrogens (tertiary/aromatic N) is 5. The second-order valence-electron chi connectivity index (χ2n) is 5.80. The highest BCUT2D eigenvalue weighted by Crippen LogP contribution is 2.38. The molecule has 0 saturated carbocycles. The Balaban J connectivity index is 1.66. The monoisotopic (exact) mass is 386 g/mol. The number of carbonyl (C=O) groups is 1. The number of nitrogens with one attached hydrogen (secondary N) is 1. The molecule has 1 aliphatic heterocycles. The van der Waals surface area contributed by atoms with Crippen LogP contribution < -0.4 is 0 Å². The summed E-state index contributed by atoms with van der Waals surface area (Å²) in [6.45, 7) is 0.497. The van der Waals surface area contributed by atoms with E-state index in [0.29, 0.717) is 33.2 Å². The van der Waals surface area contributed by atoms with Gasteiger partial charge in [-0.2, -0.15) is 0 Å². The Hall–Kier alpha value is -2.72. The van der Waals surface area contributed by atoms with Crippen LogP contribution in [0.4, 0.5) is 4.39 Å². The number of halogens is 1. The minimum atomic E-state index is -0.474. The molecular formula is C16H11FN6OS2. The molecular weight excluding hydrogens is 375 g/mol. The highest BCUT2D eigenvalue weighted by Gasteiger charge is 2.37. The summed E-state index contributed by atoms with van der Waals surface area (Å²) in [6.07, 6.45) is 2.28. The molecule has 0 saturated heterocycles. The SMILES string of the molecule is O=C(c1nncs1)N1CCc2[nH]cnc2[C@H]1c1nc2cccc(F)c2s1. The third-order valence-corrected chi connectivity index (χ3v) is 6.16. The highest BCUT2D eigenvalue weighted by atomic mass is 32.1. The minimum Gasteiger partial charge on any atom is -0.348 e. The van der Waals surface area contributed by atoms with E-state index in [-0.39, 0.29) is 11.7 Å². The van der Waals surface area contributed by atoms with Crippen LogP contribution in [0, 0.1) is 5.82 Å². The van der Waals surface area contributed by atoms with E-state index in [2.05, 4.69) is 25.1 Å². The summed E-state index contributed by atoms with van der Waals surface area (Å²) in [4.78, 5) is 26.8. The van der Waals surface area contributed by atoms with E-state index in [0.717, 1.165) is 11.4 Å². The van der Waals surface area contributed by atoms with Crippen molar-refractivity contribution in [3.05, 3.63) is 57.3 Å². The number of amides is 1. The van der Waals surface area contributed by atoms with E-state index in [1.807, 2.05) is 0 Å². The number of hydrogen-bond donors (Lipinski definition) is 1. The fourth-order valence-corrected chi connectivity index (χ4v) is 4.78. The lowest BCUT2D eigenvalue weighted by atomic mass is 10.0. The van der Waals surface area contributed by atoms with Gasteiger partial charge in [-0.05, 0) is 12.1 Å². The molecule has 7 nitrogen and oxygen atoms in total. The first-order valence-corrected chi connectivity index (χ1v) is 9.56. The van der Waals surface area contributed by atoms with Crippen LogP contribution in [0.3, 0.4) is 0 Å². The number of H-pyrrole nitrogens is 1. The van der Waals surface area contributed by atoms with Crippen molar-refractivity contribution in [3.63, 3.8) is 0 Å². The lowest BCUT2D eigenvalue weighted by Gasteiger charge is -2.33. The lowest BCUT2D eigenvalue weighted by molar-refractivity contribution is 0.0689. The van der Waals surface area contributed by atoms with Gasteiger partial charge in [0, 0.05) is 18.7 Å². The summed E-state index contributed by atoms with van der Waals surface area (Å²) in [5.74, 6) is -0.530. The molecule has 0 fully saturated rings. The van der Waals surface area contributed by atoms with Crippen molar-refractivity contribution in [2.45, 2.75) is 12.5 Å². The predicted molar refractivity (Wildman–Crippen MR) is 94.7 cm³/mol. The molecule has 0 radical (unpaired) electrons. The van der Waals surface area contributed by atoms with Crippen molar-refractivity contribution >= 4 is 38.8 Å². The van der Waals surface area contributed by atoms with Gasteiger partial charge in [0.2, 0.25) is 5.01 Å². The average Bonchev–Trinajstić information content (AvgIpc) is 3.39. The van der Waals surface area contributed by atoms with Crippen molar-refractivity contribution in [1.82, 2.24) is 30.0 Å². The van der Waals surface area contributed by atoms with Gasteiger partial charge in [-0.25, -0.2) is 14.4 Å².